The number of quaternary nitrogens is 1. The Bertz CT molecular complexity index is 749. The third kappa shape index (κ3) is 4.77. The fraction of sp³-hybridized carbons (Fsp3) is 0.278. The van der Waals surface area contributed by atoms with E-state index in [0.29, 0.717) is 5.69 Å². The van der Waals surface area contributed by atoms with Gasteiger partial charge >= 0.3 is 0 Å². The molecular formula is C18H22N3O4+. The van der Waals surface area contributed by atoms with Crippen LogP contribution in [0.2, 0.25) is 0 Å². The van der Waals surface area contributed by atoms with Gasteiger partial charge in [-0.2, -0.15) is 0 Å². The summed E-state index contributed by atoms with van der Waals surface area (Å²) in [5, 5.41) is 15.6. The van der Waals surface area contributed by atoms with Gasteiger partial charge in [-0.1, -0.05) is 30.3 Å². The molecule has 7 nitrogen and oxygen atoms in total. The standard InChI is InChI=1S/C18H21N3O4/c1-12(14-7-5-4-6-8-14)19-13(2)18(22)20-16-10-9-15(21(23)24)11-17(16)25-3/h4-13,19H,1-3H3,(H,20,22)/p+1/t12-,13-/m0/s1. The van der Waals surface area contributed by atoms with Crippen LogP contribution in [0.1, 0.15) is 25.5 Å². The fourth-order valence-electron chi connectivity index (χ4n) is 2.53. The number of carbonyl (C=O) groups is 1. The van der Waals surface area contributed by atoms with Crippen LogP contribution < -0.4 is 15.4 Å². The second-order valence-corrected chi connectivity index (χ2v) is 5.81. The second kappa shape index (κ2) is 8.25. The Morgan fingerprint density at radius 3 is 2.48 bits per heavy atom. The number of non-ortho nitro benzene ring substituents is 1. The van der Waals surface area contributed by atoms with Crippen LogP contribution in [0.4, 0.5) is 11.4 Å². The normalized spacial score (nSPS) is 12.9. The van der Waals surface area contributed by atoms with Gasteiger partial charge in [0.25, 0.3) is 11.6 Å². The summed E-state index contributed by atoms with van der Waals surface area (Å²) in [6.07, 6.45) is 0. The maximum Gasteiger partial charge on any atom is 0.282 e. The molecule has 25 heavy (non-hydrogen) atoms. The van der Waals surface area contributed by atoms with Crippen molar-refractivity contribution in [1.82, 2.24) is 0 Å². The summed E-state index contributed by atoms with van der Waals surface area (Å²) >= 11 is 0. The molecule has 0 aromatic heterocycles. The lowest BCUT2D eigenvalue weighted by Crippen LogP contribution is -2.91. The Morgan fingerprint density at radius 1 is 1.20 bits per heavy atom. The first-order valence-corrected chi connectivity index (χ1v) is 7.95. The Labute approximate surface area is 146 Å². The molecule has 0 radical (unpaired) electrons. The fourth-order valence-corrected chi connectivity index (χ4v) is 2.53. The van der Waals surface area contributed by atoms with Crippen molar-refractivity contribution in [1.29, 1.82) is 0 Å². The van der Waals surface area contributed by atoms with Gasteiger partial charge in [-0.05, 0) is 19.9 Å². The minimum absolute atomic E-state index is 0.0906. The van der Waals surface area contributed by atoms with Crippen molar-refractivity contribution >= 4 is 17.3 Å². The number of hydrogen-bond donors (Lipinski definition) is 2. The molecule has 0 aliphatic rings. The van der Waals surface area contributed by atoms with E-state index in [1.807, 2.05) is 49.5 Å². The number of nitrogens with one attached hydrogen (secondary N) is 1. The molecule has 0 heterocycles. The van der Waals surface area contributed by atoms with Crippen molar-refractivity contribution in [3.05, 3.63) is 64.2 Å². The predicted octanol–water partition coefficient (Wildman–Crippen LogP) is 2.25. The Kier molecular flexibility index (Phi) is 6.08. The van der Waals surface area contributed by atoms with Gasteiger partial charge in [0.1, 0.15) is 11.8 Å². The first-order chi connectivity index (χ1) is 11.9. The summed E-state index contributed by atoms with van der Waals surface area (Å²) in [5.74, 6) is 0.0563. The number of rotatable bonds is 7. The third-order valence-corrected chi connectivity index (χ3v) is 3.97. The zero-order valence-electron chi connectivity index (χ0n) is 14.4. The van der Waals surface area contributed by atoms with E-state index >= 15 is 0 Å². The molecule has 0 spiro atoms. The maximum absolute atomic E-state index is 12.4. The lowest BCUT2D eigenvalue weighted by molar-refractivity contribution is -0.709. The van der Waals surface area contributed by atoms with Crippen molar-refractivity contribution in [2.45, 2.75) is 25.9 Å². The molecular weight excluding hydrogens is 322 g/mol. The smallest absolute Gasteiger partial charge is 0.282 e. The molecule has 2 aromatic carbocycles. The molecule has 0 fully saturated rings. The Balaban J connectivity index is 2.04. The summed E-state index contributed by atoms with van der Waals surface area (Å²) in [6.45, 7) is 3.85. The number of methoxy groups -OCH3 is 1. The summed E-state index contributed by atoms with van der Waals surface area (Å²) in [4.78, 5) is 22.8. The van der Waals surface area contributed by atoms with E-state index < -0.39 is 4.92 Å². The number of ether oxygens (including phenoxy) is 1. The van der Waals surface area contributed by atoms with Gasteiger partial charge in [-0.3, -0.25) is 14.9 Å². The summed E-state index contributed by atoms with van der Waals surface area (Å²) in [7, 11) is 1.40. The molecule has 3 N–H and O–H groups in total. The van der Waals surface area contributed by atoms with Crippen molar-refractivity contribution < 1.29 is 19.8 Å². The van der Waals surface area contributed by atoms with Gasteiger partial charge in [-0.25, -0.2) is 0 Å². The SMILES string of the molecule is COc1cc([N+](=O)[O-])ccc1NC(=O)[C@H](C)[NH2+][C@@H](C)c1ccccc1. The number of nitro groups is 1. The summed E-state index contributed by atoms with van der Waals surface area (Å²) in [6, 6.07) is 13.8. The van der Waals surface area contributed by atoms with Gasteiger partial charge in [0, 0.05) is 11.6 Å². The molecule has 2 aromatic rings. The lowest BCUT2D eigenvalue weighted by Gasteiger charge is -2.17. The van der Waals surface area contributed by atoms with E-state index in [9.17, 15) is 14.9 Å². The molecule has 0 saturated carbocycles. The molecule has 2 rings (SSSR count). The number of nitrogens with two attached hydrogens (primary N) is 1. The molecule has 0 saturated heterocycles. The minimum Gasteiger partial charge on any atom is -0.494 e. The Hall–Kier alpha value is -2.93. The van der Waals surface area contributed by atoms with Crippen LogP contribution in [0.3, 0.4) is 0 Å². The minimum atomic E-state index is -0.508. The van der Waals surface area contributed by atoms with Crippen molar-refractivity contribution in [3.8, 4) is 5.75 Å². The van der Waals surface area contributed by atoms with Crippen molar-refractivity contribution in [2.75, 3.05) is 12.4 Å². The highest BCUT2D eigenvalue weighted by molar-refractivity contribution is 5.95. The van der Waals surface area contributed by atoms with Gasteiger partial charge in [-0.15, -0.1) is 0 Å². The van der Waals surface area contributed by atoms with E-state index in [2.05, 4.69) is 5.32 Å². The van der Waals surface area contributed by atoms with Gasteiger partial charge in [0.15, 0.2) is 6.04 Å². The van der Waals surface area contributed by atoms with Gasteiger partial charge in [0.05, 0.1) is 23.8 Å². The van der Waals surface area contributed by atoms with Crippen molar-refractivity contribution in [2.24, 2.45) is 0 Å². The number of benzene rings is 2. The van der Waals surface area contributed by atoms with Crippen LogP contribution in [-0.4, -0.2) is 24.0 Å². The molecule has 2 atom stereocenters. The van der Waals surface area contributed by atoms with Crippen LogP contribution in [0.15, 0.2) is 48.5 Å². The van der Waals surface area contributed by atoms with Crippen LogP contribution >= 0.6 is 0 Å². The zero-order valence-corrected chi connectivity index (χ0v) is 14.4. The first kappa shape index (κ1) is 18.4. The lowest BCUT2D eigenvalue weighted by atomic mass is 10.1. The number of amides is 1. The van der Waals surface area contributed by atoms with E-state index in [0.717, 1.165) is 5.56 Å². The topological polar surface area (TPSA) is 98.1 Å². The van der Waals surface area contributed by atoms with Crippen LogP contribution in [0, 0.1) is 10.1 Å². The summed E-state index contributed by atoms with van der Waals surface area (Å²) < 4.78 is 5.14. The first-order valence-electron chi connectivity index (χ1n) is 7.95. The van der Waals surface area contributed by atoms with Crippen LogP contribution in [0.25, 0.3) is 0 Å². The van der Waals surface area contributed by atoms with E-state index in [1.165, 1.54) is 25.3 Å². The number of hydrogen-bond acceptors (Lipinski definition) is 4. The monoisotopic (exact) mass is 344 g/mol. The number of nitro benzene ring substituents is 1. The average Bonchev–Trinajstić information content (AvgIpc) is 2.62. The average molecular weight is 344 g/mol. The molecule has 0 unspecified atom stereocenters. The Morgan fingerprint density at radius 2 is 1.88 bits per heavy atom. The highest BCUT2D eigenvalue weighted by Gasteiger charge is 2.22. The molecule has 1 amide bonds. The molecule has 132 valence electrons. The van der Waals surface area contributed by atoms with Crippen LogP contribution in [0.5, 0.6) is 5.75 Å². The molecule has 0 aliphatic heterocycles. The number of nitrogens with zero attached hydrogens (tertiary/aromatic N) is 1. The van der Waals surface area contributed by atoms with Crippen LogP contribution in [-0.2, 0) is 4.79 Å². The zero-order chi connectivity index (χ0) is 18.4. The van der Waals surface area contributed by atoms with Gasteiger partial charge in [0.2, 0.25) is 0 Å². The number of carbonyl (C=O) groups excluding carboxylic acids is 1. The molecule has 7 heteroatoms. The highest BCUT2D eigenvalue weighted by atomic mass is 16.6. The number of anilines is 1. The van der Waals surface area contributed by atoms with E-state index in [-0.39, 0.29) is 29.4 Å². The second-order valence-electron chi connectivity index (χ2n) is 5.81. The molecule has 0 aliphatic carbocycles. The maximum atomic E-state index is 12.4. The quantitative estimate of drug-likeness (QED) is 0.594. The molecule has 0 bridgehead atoms. The van der Waals surface area contributed by atoms with E-state index in [1.54, 1.807) is 0 Å². The summed E-state index contributed by atoms with van der Waals surface area (Å²) in [5.41, 5.74) is 1.45. The van der Waals surface area contributed by atoms with Gasteiger partial charge < -0.3 is 15.4 Å². The van der Waals surface area contributed by atoms with Crippen molar-refractivity contribution in [3.63, 3.8) is 0 Å². The highest BCUT2D eigenvalue weighted by Crippen LogP contribution is 2.28. The predicted molar refractivity (Wildman–Crippen MR) is 94.5 cm³/mol. The van der Waals surface area contributed by atoms with E-state index in [4.69, 9.17) is 4.74 Å². The largest absolute Gasteiger partial charge is 0.494 e. The third-order valence-electron chi connectivity index (χ3n) is 3.97.